The summed E-state index contributed by atoms with van der Waals surface area (Å²) in [5.74, 6) is 1.11. The fourth-order valence-electron chi connectivity index (χ4n) is 2.25. The SMILES string of the molecule is CCCCCN(Cc1occc1CNC(C)C)C(C)C. The summed E-state index contributed by atoms with van der Waals surface area (Å²) in [5.41, 5.74) is 1.29. The van der Waals surface area contributed by atoms with Gasteiger partial charge in [0.05, 0.1) is 12.8 Å². The first-order chi connectivity index (χ1) is 9.54. The molecule has 0 amide bonds. The van der Waals surface area contributed by atoms with Crippen molar-refractivity contribution >= 4 is 0 Å². The second-order valence-corrected chi connectivity index (χ2v) is 6.18. The predicted molar refractivity (Wildman–Crippen MR) is 85.8 cm³/mol. The molecule has 0 aliphatic heterocycles. The Morgan fingerprint density at radius 1 is 1.20 bits per heavy atom. The molecule has 3 heteroatoms. The maximum Gasteiger partial charge on any atom is 0.122 e. The molecule has 1 aromatic rings. The van der Waals surface area contributed by atoms with Crippen LogP contribution in [0, 0.1) is 0 Å². The fraction of sp³-hybridized carbons (Fsp3) is 0.765. The van der Waals surface area contributed by atoms with Crippen molar-refractivity contribution in [3.63, 3.8) is 0 Å². The van der Waals surface area contributed by atoms with Crippen LogP contribution >= 0.6 is 0 Å². The van der Waals surface area contributed by atoms with Gasteiger partial charge in [-0.2, -0.15) is 0 Å². The Morgan fingerprint density at radius 2 is 1.95 bits per heavy atom. The lowest BCUT2D eigenvalue weighted by atomic mass is 10.2. The largest absolute Gasteiger partial charge is 0.468 e. The molecule has 0 saturated carbocycles. The molecule has 0 bridgehead atoms. The highest BCUT2D eigenvalue weighted by molar-refractivity contribution is 5.17. The summed E-state index contributed by atoms with van der Waals surface area (Å²) in [6, 6.07) is 3.15. The Hall–Kier alpha value is -0.800. The van der Waals surface area contributed by atoms with Crippen LogP contribution in [-0.4, -0.2) is 23.5 Å². The molecule has 0 aromatic carbocycles. The van der Waals surface area contributed by atoms with Crippen LogP contribution in [0.5, 0.6) is 0 Å². The summed E-state index contributed by atoms with van der Waals surface area (Å²) in [5, 5.41) is 3.46. The van der Waals surface area contributed by atoms with Gasteiger partial charge < -0.3 is 9.73 Å². The average molecular weight is 280 g/mol. The number of unbranched alkanes of at least 4 members (excludes halogenated alkanes) is 2. The van der Waals surface area contributed by atoms with Crippen molar-refractivity contribution in [2.45, 2.75) is 79.1 Å². The van der Waals surface area contributed by atoms with E-state index in [2.05, 4.69) is 50.9 Å². The Balaban J connectivity index is 2.57. The number of hydrogen-bond donors (Lipinski definition) is 1. The molecular formula is C17H32N2O. The van der Waals surface area contributed by atoms with Crippen molar-refractivity contribution in [3.05, 3.63) is 23.7 Å². The predicted octanol–water partition coefficient (Wildman–Crippen LogP) is 4.18. The van der Waals surface area contributed by atoms with Crippen molar-refractivity contribution < 1.29 is 4.42 Å². The summed E-state index contributed by atoms with van der Waals surface area (Å²) in [4.78, 5) is 2.51. The van der Waals surface area contributed by atoms with Crippen LogP contribution in [0.3, 0.4) is 0 Å². The Kier molecular flexibility index (Phi) is 7.93. The zero-order chi connectivity index (χ0) is 15.0. The number of hydrogen-bond acceptors (Lipinski definition) is 3. The third kappa shape index (κ3) is 6.10. The molecule has 1 N–H and O–H groups in total. The van der Waals surface area contributed by atoms with Gasteiger partial charge in [-0.05, 0) is 32.9 Å². The van der Waals surface area contributed by atoms with E-state index in [0.29, 0.717) is 12.1 Å². The minimum Gasteiger partial charge on any atom is -0.468 e. The molecule has 0 aliphatic carbocycles. The number of nitrogens with zero attached hydrogens (tertiary/aromatic N) is 1. The summed E-state index contributed by atoms with van der Waals surface area (Å²) in [7, 11) is 0. The standard InChI is InChI=1S/C17H32N2O/c1-6-7-8-10-19(15(4)5)13-17-16(9-11-20-17)12-18-14(2)3/h9,11,14-15,18H,6-8,10,12-13H2,1-5H3. The van der Waals surface area contributed by atoms with Crippen LogP contribution in [0.25, 0.3) is 0 Å². The lowest BCUT2D eigenvalue weighted by Crippen LogP contribution is -2.32. The van der Waals surface area contributed by atoms with Gasteiger partial charge in [0.25, 0.3) is 0 Å². The van der Waals surface area contributed by atoms with E-state index in [9.17, 15) is 0 Å². The zero-order valence-corrected chi connectivity index (χ0v) is 13.9. The van der Waals surface area contributed by atoms with Crippen LogP contribution in [0.2, 0.25) is 0 Å². The molecule has 116 valence electrons. The van der Waals surface area contributed by atoms with Gasteiger partial charge in [0, 0.05) is 24.2 Å². The molecule has 0 aliphatic rings. The number of furan rings is 1. The highest BCUT2D eigenvalue weighted by atomic mass is 16.3. The van der Waals surface area contributed by atoms with Crippen LogP contribution < -0.4 is 5.32 Å². The van der Waals surface area contributed by atoms with Gasteiger partial charge in [-0.1, -0.05) is 33.6 Å². The molecule has 0 fully saturated rings. The molecule has 0 radical (unpaired) electrons. The number of nitrogens with one attached hydrogen (secondary N) is 1. The summed E-state index contributed by atoms with van der Waals surface area (Å²) < 4.78 is 5.70. The normalized spacial score (nSPS) is 12.0. The summed E-state index contributed by atoms with van der Waals surface area (Å²) in [6.45, 7) is 14.1. The van der Waals surface area contributed by atoms with Crippen molar-refractivity contribution in [2.75, 3.05) is 6.54 Å². The van der Waals surface area contributed by atoms with Gasteiger partial charge in [0.1, 0.15) is 5.76 Å². The van der Waals surface area contributed by atoms with Gasteiger partial charge in [0.15, 0.2) is 0 Å². The zero-order valence-electron chi connectivity index (χ0n) is 13.9. The second-order valence-electron chi connectivity index (χ2n) is 6.18. The molecule has 20 heavy (non-hydrogen) atoms. The molecule has 1 heterocycles. The van der Waals surface area contributed by atoms with E-state index in [-0.39, 0.29) is 0 Å². The monoisotopic (exact) mass is 280 g/mol. The molecule has 1 rings (SSSR count). The van der Waals surface area contributed by atoms with Crippen LogP contribution in [0.4, 0.5) is 0 Å². The van der Waals surface area contributed by atoms with E-state index in [1.807, 2.05) is 6.26 Å². The molecule has 1 aromatic heterocycles. The maximum atomic E-state index is 5.70. The molecule has 0 saturated heterocycles. The highest BCUT2D eigenvalue weighted by Gasteiger charge is 2.14. The minimum atomic E-state index is 0.503. The second kappa shape index (κ2) is 9.19. The van der Waals surface area contributed by atoms with E-state index >= 15 is 0 Å². The molecule has 0 unspecified atom stereocenters. The Bertz CT molecular complexity index is 358. The van der Waals surface area contributed by atoms with Crippen LogP contribution in [0.1, 0.15) is 65.2 Å². The minimum absolute atomic E-state index is 0.503. The first kappa shape index (κ1) is 17.3. The van der Waals surface area contributed by atoms with Crippen molar-refractivity contribution in [1.29, 1.82) is 0 Å². The average Bonchev–Trinajstić information content (AvgIpc) is 2.82. The Labute approximate surface area is 124 Å². The molecule has 3 nitrogen and oxygen atoms in total. The van der Waals surface area contributed by atoms with Gasteiger partial charge in [0.2, 0.25) is 0 Å². The third-order valence-electron chi connectivity index (χ3n) is 3.66. The first-order valence-electron chi connectivity index (χ1n) is 8.07. The summed E-state index contributed by atoms with van der Waals surface area (Å²) in [6.07, 6.45) is 5.67. The molecular weight excluding hydrogens is 248 g/mol. The summed E-state index contributed by atoms with van der Waals surface area (Å²) >= 11 is 0. The fourth-order valence-corrected chi connectivity index (χ4v) is 2.25. The van der Waals surface area contributed by atoms with Gasteiger partial charge in [-0.25, -0.2) is 0 Å². The van der Waals surface area contributed by atoms with Gasteiger partial charge in [-0.3, -0.25) is 4.90 Å². The Morgan fingerprint density at radius 3 is 2.55 bits per heavy atom. The van der Waals surface area contributed by atoms with Crippen LogP contribution in [0.15, 0.2) is 16.7 Å². The van der Waals surface area contributed by atoms with Gasteiger partial charge >= 0.3 is 0 Å². The lowest BCUT2D eigenvalue weighted by molar-refractivity contribution is 0.191. The van der Waals surface area contributed by atoms with Gasteiger partial charge in [-0.15, -0.1) is 0 Å². The van der Waals surface area contributed by atoms with E-state index in [4.69, 9.17) is 4.42 Å². The number of rotatable bonds is 10. The van der Waals surface area contributed by atoms with E-state index in [1.54, 1.807) is 0 Å². The van der Waals surface area contributed by atoms with E-state index < -0.39 is 0 Å². The maximum absolute atomic E-state index is 5.70. The lowest BCUT2D eigenvalue weighted by Gasteiger charge is -2.26. The molecule has 0 spiro atoms. The highest BCUT2D eigenvalue weighted by Crippen LogP contribution is 2.16. The van der Waals surface area contributed by atoms with Crippen molar-refractivity contribution in [1.82, 2.24) is 10.2 Å². The quantitative estimate of drug-likeness (QED) is 0.652. The topological polar surface area (TPSA) is 28.4 Å². The first-order valence-corrected chi connectivity index (χ1v) is 8.07. The van der Waals surface area contributed by atoms with Crippen molar-refractivity contribution in [3.8, 4) is 0 Å². The third-order valence-corrected chi connectivity index (χ3v) is 3.66. The smallest absolute Gasteiger partial charge is 0.122 e. The molecule has 0 atom stereocenters. The van der Waals surface area contributed by atoms with Crippen molar-refractivity contribution in [2.24, 2.45) is 0 Å². The van der Waals surface area contributed by atoms with E-state index in [0.717, 1.165) is 25.4 Å². The van der Waals surface area contributed by atoms with E-state index in [1.165, 1.54) is 24.8 Å². The van der Waals surface area contributed by atoms with Crippen LogP contribution in [-0.2, 0) is 13.1 Å².